The van der Waals surface area contributed by atoms with Gasteiger partial charge >= 0.3 is 6.18 Å². The van der Waals surface area contributed by atoms with Crippen molar-refractivity contribution in [2.24, 2.45) is 7.05 Å². The number of nitrogens with one attached hydrogen (secondary N) is 1. The number of rotatable bonds is 7. The lowest BCUT2D eigenvalue weighted by molar-refractivity contribution is -0.144. The van der Waals surface area contributed by atoms with E-state index in [1.807, 2.05) is 0 Å². The second-order valence-electron chi connectivity index (χ2n) is 7.86. The van der Waals surface area contributed by atoms with Crippen LogP contribution in [-0.2, 0) is 40.6 Å². The fourth-order valence-corrected chi connectivity index (χ4v) is 5.99. The van der Waals surface area contributed by atoms with Crippen molar-refractivity contribution in [2.45, 2.75) is 49.6 Å². The quantitative estimate of drug-likeness (QED) is 0.515. The van der Waals surface area contributed by atoms with Gasteiger partial charge in [-0.15, -0.1) is 0 Å². The molecule has 9 nitrogen and oxygen atoms in total. The molecule has 1 unspecified atom stereocenters. The fraction of sp³-hybridized carbons (Fsp3) is 0.450. The molecule has 3 aromatic rings. The monoisotopic (exact) mass is 517 g/mol. The maximum absolute atomic E-state index is 13.5. The van der Waals surface area contributed by atoms with Gasteiger partial charge in [0.05, 0.1) is 38.3 Å². The highest BCUT2D eigenvalue weighted by Gasteiger charge is 2.37. The number of hydrogen-bond donors (Lipinski definition) is 1. The molecule has 1 fully saturated rings. The minimum absolute atomic E-state index is 0.0440. The van der Waals surface area contributed by atoms with Crippen molar-refractivity contribution in [3.8, 4) is 11.5 Å². The van der Waals surface area contributed by atoms with E-state index in [-0.39, 0.29) is 45.4 Å². The predicted molar refractivity (Wildman–Crippen MR) is 121 cm³/mol. The van der Waals surface area contributed by atoms with Crippen LogP contribution in [0.25, 0.3) is 22.6 Å². The van der Waals surface area contributed by atoms with Crippen LogP contribution in [0.4, 0.5) is 18.9 Å². The van der Waals surface area contributed by atoms with Crippen LogP contribution in [0.15, 0.2) is 28.0 Å². The van der Waals surface area contributed by atoms with Gasteiger partial charge in [0.1, 0.15) is 16.9 Å². The van der Waals surface area contributed by atoms with Gasteiger partial charge in [-0.25, -0.2) is 18.4 Å². The molecular weight excluding hydrogens is 495 g/mol. The Morgan fingerprint density at radius 3 is 2.47 bits per heavy atom. The first kappa shape index (κ1) is 24.4. The van der Waals surface area contributed by atoms with Crippen molar-refractivity contribution in [3.05, 3.63) is 34.4 Å². The molecule has 1 atom stereocenters. The van der Waals surface area contributed by atoms with Crippen molar-refractivity contribution in [2.75, 3.05) is 10.5 Å². The van der Waals surface area contributed by atoms with Gasteiger partial charge in [0.2, 0.25) is 10.0 Å². The Morgan fingerprint density at radius 1 is 1.24 bits per heavy atom. The number of hydrogen-bond acceptors (Lipinski definition) is 6. The minimum Gasteiger partial charge on any atom is -0.321 e. The first-order chi connectivity index (χ1) is 15.9. The summed E-state index contributed by atoms with van der Waals surface area (Å²) < 4.78 is 82.3. The molecule has 1 saturated carbocycles. The highest BCUT2D eigenvalue weighted by Crippen LogP contribution is 2.34. The summed E-state index contributed by atoms with van der Waals surface area (Å²) in [7, 11) is -3.74. The Balaban J connectivity index is 1.91. The number of anilines is 1. The summed E-state index contributed by atoms with van der Waals surface area (Å²) in [4.78, 5) is 21.5. The number of sulfonamides is 1. The van der Waals surface area contributed by atoms with Crippen LogP contribution in [-0.4, -0.2) is 42.7 Å². The highest BCUT2D eigenvalue weighted by atomic mass is 32.2. The van der Waals surface area contributed by atoms with Gasteiger partial charge < -0.3 is 9.13 Å². The molecule has 0 aliphatic heterocycles. The zero-order valence-electron chi connectivity index (χ0n) is 18.5. The maximum atomic E-state index is 13.5. The first-order valence-electron chi connectivity index (χ1n) is 10.5. The molecule has 3 heterocycles. The van der Waals surface area contributed by atoms with E-state index in [2.05, 4.69) is 14.7 Å². The van der Waals surface area contributed by atoms with Crippen LogP contribution < -0.4 is 10.3 Å². The summed E-state index contributed by atoms with van der Waals surface area (Å²) in [6, 6.07) is 2.19. The SMILES string of the molecule is CCn1c(C(F)(F)F)cc2nc(-c3ncc(NS(=O)(=O)C4CC4)cc3S(=O)CC)n(C)c2c1=O. The van der Waals surface area contributed by atoms with Crippen molar-refractivity contribution in [1.82, 2.24) is 19.1 Å². The van der Waals surface area contributed by atoms with E-state index >= 15 is 0 Å². The van der Waals surface area contributed by atoms with Gasteiger partial charge in [0.25, 0.3) is 5.56 Å². The summed E-state index contributed by atoms with van der Waals surface area (Å²) in [6.07, 6.45) is -2.40. The number of fused-ring (bicyclic) bond motifs is 1. The molecule has 1 aliphatic rings. The fourth-order valence-electron chi connectivity index (χ4n) is 3.70. The third-order valence-electron chi connectivity index (χ3n) is 5.54. The minimum atomic E-state index is -4.76. The topological polar surface area (TPSA) is 116 Å². The molecule has 34 heavy (non-hydrogen) atoms. The Labute approximate surface area is 195 Å². The van der Waals surface area contributed by atoms with E-state index in [9.17, 15) is 30.6 Å². The Morgan fingerprint density at radius 2 is 1.91 bits per heavy atom. The number of pyridine rings is 2. The van der Waals surface area contributed by atoms with Gasteiger partial charge in [-0.1, -0.05) is 6.92 Å². The molecular formula is C20H22F3N5O4S2. The normalized spacial score (nSPS) is 15.6. The zero-order chi connectivity index (χ0) is 25.0. The number of aryl methyl sites for hydroxylation is 1. The molecule has 0 radical (unpaired) electrons. The predicted octanol–water partition coefficient (Wildman–Crippen LogP) is 2.87. The number of alkyl halides is 3. The third-order valence-corrected chi connectivity index (χ3v) is 8.73. The second kappa shape index (κ2) is 8.48. The molecule has 184 valence electrons. The van der Waals surface area contributed by atoms with Crippen molar-refractivity contribution >= 4 is 37.5 Å². The Kier molecular flexibility index (Phi) is 6.09. The van der Waals surface area contributed by atoms with E-state index in [4.69, 9.17) is 0 Å². The molecule has 14 heteroatoms. The van der Waals surface area contributed by atoms with Gasteiger partial charge in [-0.05, 0) is 31.9 Å². The van der Waals surface area contributed by atoms with Gasteiger partial charge in [0, 0.05) is 19.3 Å². The summed E-state index contributed by atoms with van der Waals surface area (Å²) in [6.45, 7) is 2.90. The number of aromatic nitrogens is 4. The van der Waals surface area contributed by atoms with Crippen LogP contribution >= 0.6 is 0 Å². The molecule has 0 amide bonds. The van der Waals surface area contributed by atoms with Crippen molar-refractivity contribution in [3.63, 3.8) is 0 Å². The highest BCUT2D eigenvalue weighted by molar-refractivity contribution is 7.93. The lowest BCUT2D eigenvalue weighted by Gasteiger charge is -2.14. The number of imidazole rings is 1. The van der Waals surface area contributed by atoms with E-state index in [1.165, 1.54) is 30.8 Å². The lowest BCUT2D eigenvalue weighted by Crippen LogP contribution is -2.28. The smallest absolute Gasteiger partial charge is 0.321 e. The second-order valence-corrected chi connectivity index (χ2v) is 11.5. The van der Waals surface area contributed by atoms with Crippen LogP contribution in [0, 0.1) is 0 Å². The van der Waals surface area contributed by atoms with Crippen molar-refractivity contribution < 1.29 is 25.8 Å². The van der Waals surface area contributed by atoms with Crippen LogP contribution in [0.3, 0.4) is 0 Å². The number of nitrogens with zero attached hydrogens (tertiary/aromatic N) is 4. The standard InChI is InChI=1S/C20H22F3N5O4S2/c1-4-28-15(20(21,22)23)9-13-17(19(28)29)27(3)18(25-13)16-14(33(30)5-2)8-11(10-24-16)26-34(31,32)12-6-7-12/h8-10,12,26H,4-7H2,1-3H3. The summed E-state index contributed by atoms with van der Waals surface area (Å²) in [5, 5.41) is -0.476. The molecule has 0 spiro atoms. The third kappa shape index (κ3) is 4.24. The summed E-state index contributed by atoms with van der Waals surface area (Å²) >= 11 is 0. The van der Waals surface area contributed by atoms with Crippen LogP contribution in [0.2, 0.25) is 0 Å². The zero-order valence-corrected chi connectivity index (χ0v) is 20.1. The number of halogens is 3. The molecule has 0 bridgehead atoms. The van der Waals surface area contributed by atoms with E-state index < -0.39 is 43.5 Å². The van der Waals surface area contributed by atoms with Crippen molar-refractivity contribution in [1.29, 1.82) is 0 Å². The first-order valence-corrected chi connectivity index (χ1v) is 13.3. The van der Waals surface area contributed by atoms with E-state index in [0.717, 1.165) is 6.07 Å². The summed E-state index contributed by atoms with van der Waals surface area (Å²) in [5.41, 5.74) is -2.00. The van der Waals surface area contributed by atoms with Gasteiger partial charge in [0.15, 0.2) is 5.82 Å². The van der Waals surface area contributed by atoms with Gasteiger partial charge in [-0.2, -0.15) is 13.2 Å². The molecule has 0 saturated heterocycles. The Hall–Kier alpha value is -2.74. The molecule has 1 aliphatic carbocycles. The van der Waals surface area contributed by atoms with E-state index in [1.54, 1.807) is 6.92 Å². The lowest BCUT2D eigenvalue weighted by atomic mass is 10.3. The molecule has 4 rings (SSSR count). The average molecular weight is 518 g/mol. The largest absolute Gasteiger partial charge is 0.431 e. The molecule has 0 aromatic carbocycles. The van der Waals surface area contributed by atoms with Gasteiger partial charge in [-0.3, -0.25) is 13.7 Å². The Bertz CT molecular complexity index is 1470. The maximum Gasteiger partial charge on any atom is 0.431 e. The average Bonchev–Trinajstić information content (AvgIpc) is 3.57. The van der Waals surface area contributed by atoms with E-state index in [0.29, 0.717) is 17.4 Å². The molecule has 1 N–H and O–H groups in total. The molecule has 3 aromatic heterocycles. The van der Waals surface area contributed by atoms with Crippen LogP contribution in [0.1, 0.15) is 32.4 Å². The summed E-state index contributed by atoms with van der Waals surface area (Å²) in [5.74, 6) is 0.223. The van der Waals surface area contributed by atoms with Crippen LogP contribution in [0.5, 0.6) is 0 Å².